The molecule has 0 heterocycles. The number of halogens is 3. The molecule has 0 N–H and O–H groups in total. The molecule has 0 unspecified atom stereocenters. The van der Waals surface area contributed by atoms with Crippen LogP contribution >= 0.6 is 0 Å². The minimum Gasteiger partial charge on any atom is -0.426 e. The van der Waals surface area contributed by atoms with Crippen LogP contribution in [-0.4, -0.2) is 5.97 Å². The van der Waals surface area contributed by atoms with Gasteiger partial charge in [0.1, 0.15) is 11.6 Å². The standard InChI is InChI=1S/C30H31F3O2/c1-3-5-22-14-15-24(18-27(22)31)35-30(34)23-12-10-21(11-13-23)26-17-16-25(28(32)29(26)33)20-8-6-19(4-2)7-9-20/h6-9,14-18,21,23H,3-5,10-13H2,1-2H3. The molecule has 1 aliphatic rings. The van der Waals surface area contributed by atoms with Crippen molar-refractivity contribution in [2.75, 3.05) is 0 Å². The van der Waals surface area contributed by atoms with Gasteiger partial charge in [0, 0.05) is 11.6 Å². The van der Waals surface area contributed by atoms with E-state index >= 15 is 4.39 Å². The molecule has 184 valence electrons. The number of aryl methyl sites for hydroxylation is 2. The average molecular weight is 481 g/mol. The third-order valence-corrected chi connectivity index (χ3v) is 7.05. The molecule has 4 rings (SSSR count). The monoisotopic (exact) mass is 480 g/mol. The second-order valence-corrected chi connectivity index (χ2v) is 9.35. The molecule has 1 fully saturated rings. The Labute approximate surface area is 205 Å². The van der Waals surface area contributed by atoms with Gasteiger partial charge in [0.15, 0.2) is 11.6 Å². The molecule has 0 amide bonds. The highest BCUT2D eigenvalue weighted by atomic mass is 19.2. The first-order valence-corrected chi connectivity index (χ1v) is 12.5. The van der Waals surface area contributed by atoms with E-state index in [9.17, 15) is 13.6 Å². The fourth-order valence-electron chi connectivity index (χ4n) is 4.93. The quantitative estimate of drug-likeness (QED) is 0.252. The molecule has 0 aliphatic heterocycles. The third kappa shape index (κ3) is 5.61. The smallest absolute Gasteiger partial charge is 0.314 e. The summed E-state index contributed by atoms with van der Waals surface area (Å²) < 4.78 is 49.6. The summed E-state index contributed by atoms with van der Waals surface area (Å²) in [6.07, 6.45) is 4.50. The topological polar surface area (TPSA) is 26.3 Å². The number of ether oxygens (including phenoxy) is 1. The molecule has 1 aliphatic carbocycles. The number of rotatable bonds is 7. The van der Waals surface area contributed by atoms with Gasteiger partial charge in [-0.3, -0.25) is 4.79 Å². The Kier molecular flexibility index (Phi) is 7.94. The lowest BCUT2D eigenvalue weighted by Gasteiger charge is -2.28. The van der Waals surface area contributed by atoms with Crippen LogP contribution in [0.25, 0.3) is 11.1 Å². The molecular weight excluding hydrogens is 449 g/mol. The molecule has 1 saturated carbocycles. The van der Waals surface area contributed by atoms with Gasteiger partial charge in [0.25, 0.3) is 0 Å². The van der Waals surface area contributed by atoms with Crippen LogP contribution in [0.1, 0.15) is 68.6 Å². The molecule has 0 spiro atoms. The Hall–Kier alpha value is -3.08. The number of hydrogen-bond acceptors (Lipinski definition) is 2. The summed E-state index contributed by atoms with van der Waals surface area (Å²) in [4.78, 5) is 12.6. The first-order chi connectivity index (χ1) is 16.9. The van der Waals surface area contributed by atoms with Gasteiger partial charge >= 0.3 is 5.97 Å². The van der Waals surface area contributed by atoms with Crippen LogP contribution in [0.5, 0.6) is 5.75 Å². The SMILES string of the molecule is CCCc1ccc(OC(=O)C2CCC(c3ccc(-c4ccc(CC)cc4)c(F)c3F)CC2)cc1F. The fraction of sp³-hybridized carbons (Fsp3) is 0.367. The van der Waals surface area contributed by atoms with Crippen molar-refractivity contribution in [2.24, 2.45) is 5.92 Å². The maximum Gasteiger partial charge on any atom is 0.314 e. The zero-order chi connectivity index (χ0) is 24.9. The van der Waals surface area contributed by atoms with Gasteiger partial charge in [-0.15, -0.1) is 0 Å². The zero-order valence-corrected chi connectivity index (χ0v) is 20.3. The predicted molar refractivity (Wildman–Crippen MR) is 132 cm³/mol. The zero-order valence-electron chi connectivity index (χ0n) is 20.3. The summed E-state index contributed by atoms with van der Waals surface area (Å²) in [5.74, 6) is -2.71. The predicted octanol–water partition coefficient (Wildman–Crippen LogP) is 8.17. The van der Waals surface area contributed by atoms with Crippen LogP contribution in [0.15, 0.2) is 54.6 Å². The third-order valence-electron chi connectivity index (χ3n) is 7.05. The summed E-state index contributed by atoms with van der Waals surface area (Å²) in [7, 11) is 0. The van der Waals surface area contributed by atoms with E-state index in [2.05, 4.69) is 0 Å². The Balaban J connectivity index is 1.39. The van der Waals surface area contributed by atoms with Crippen molar-refractivity contribution in [1.82, 2.24) is 0 Å². The fourth-order valence-corrected chi connectivity index (χ4v) is 4.93. The van der Waals surface area contributed by atoms with Crippen molar-refractivity contribution in [3.63, 3.8) is 0 Å². The molecule has 3 aromatic rings. The number of carbonyl (C=O) groups is 1. The molecule has 35 heavy (non-hydrogen) atoms. The van der Waals surface area contributed by atoms with Crippen LogP contribution < -0.4 is 4.74 Å². The van der Waals surface area contributed by atoms with E-state index in [0.29, 0.717) is 48.8 Å². The minimum atomic E-state index is -0.832. The summed E-state index contributed by atoms with van der Waals surface area (Å²) in [6, 6.07) is 15.3. The van der Waals surface area contributed by atoms with Gasteiger partial charge in [0.05, 0.1) is 5.92 Å². The second-order valence-electron chi connectivity index (χ2n) is 9.35. The van der Waals surface area contributed by atoms with E-state index in [-0.39, 0.29) is 29.0 Å². The van der Waals surface area contributed by atoms with Gasteiger partial charge in [-0.25, -0.2) is 13.2 Å². The van der Waals surface area contributed by atoms with Crippen LogP contribution in [-0.2, 0) is 17.6 Å². The first-order valence-electron chi connectivity index (χ1n) is 12.5. The van der Waals surface area contributed by atoms with Crippen molar-refractivity contribution < 1.29 is 22.7 Å². The van der Waals surface area contributed by atoms with Crippen LogP contribution in [0.2, 0.25) is 0 Å². The lowest BCUT2D eigenvalue weighted by atomic mass is 9.78. The molecule has 0 aromatic heterocycles. The van der Waals surface area contributed by atoms with Gasteiger partial charge in [0.2, 0.25) is 0 Å². The molecule has 0 radical (unpaired) electrons. The van der Waals surface area contributed by atoms with Crippen LogP contribution in [0, 0.1) is 23.4 Å². The van der Waals surface area contributed by atoms with E-state index in [0.717, 1.165) is 18.4 Å². The first kappa shape index (κ1) is 25.0. The highest BCUT2D eigenvalue weighted by Crippen LogP contribution is 2.39. The van der Waals surface area contributed by atoms with E-state index in [1.807, 2.05) is 38.1 Å². The van der Waals surface area contributed by atoms with Crippen molar-refractivity contribution in [1.29, 1.82) is 0 Å². The van der Waals surface area contributed by atoms with Crippen molar-refractivity contribution in [3.8, 4) is 16.9 Å². The number of esters is 1. The summed E-state index contributed by atoms with van der Waals surface area (Å²) >= 11 is 0. The molecular formula is C30H31F3O2. The molecule has 5 heteroatoms. The van der Waals surface area contributed by atoms with Crippen molar-refractivity contribution in [3.05, 3.63) is 88.7 Å². The second kappa shape index (κ2) is 11.1. The molecule has 2 nitrogen and oxygen atoms in total. The Morgan fingerprint density at radius 2 is 1.60 bits per heavy atom. The summed E-state index contributed by atoms with van der Waals surface area (Å²) in [6.45, 7) is 4.02. The summed E-state index contributed by atoms with van der Waals surface area (Å²) in [5, 5.41) is 0. The van der Waals surface area contributed by atoms with Crippen molar-refractivity contribution in [2.45, 2.75) is 64.7 Å². The molecule has 0 atom stereocenters. The molecule has 0 saturated heterocycles. The minimum absolute atomic E-state index is 0.157. The number of benzene rings is 3. The van der Waals surface area contributed by atoms with Crippen LogP contribution in [0.4, 0.5) is 13.2 Å². The maximum absolute atomic E-state index is 15.0. The maximum atomic E-state index is 15.0. The van der Waals surface area contributed by atoms with E-state index in [1.165, 1.54) is 6.07 Å². The van der Waals surface area contributed by atoms with Gasteiger partial charge in [-0.1, -0.05) is 62.7 Å². The average Bonchev–Trinajstić information content (AvgIpc) is 2.87. The summed E-state index contributed by atoms with van der Waals surface area (Å²) in [5.41, 5.74) is 3.00. The normalized spacial score (nSPS) is 17.9. The van der Waals surface area contributed by atoms with Crippen molar-refractivity contribution >= 4 is 5.97 Å². The van der Waals surface area contributed by atoms with E-state index < -0.39 is 17.6 Å². The lowest BCUT2D eigenvalue weighted by molar-refractivity contribution is -0.140. The highest BCUT2D eigenvalue weighted by molar-refractivity contribution is 5.75. The van der Waals surface area contributed by atoms with Crippen LogP contribution in [0.3, 0.4) is 0 Å². The number of carbonyl (C=O) groups excluding carboxylic acids is 1. The molecule has 3 aromatic carbocycles. The Morgan fingerprint density at radius 3 is 2.23 bits per heavy atom. The van der Waals surface area contributed by atoms with Gasteiger partial charge in [-0.05, 0) is 72.8 Å². The lowest BCUT2D eigenvalue weighted by Crippen LogP contribution is -2.25. The van der Waals surface area contributed by atoms with E-state index in [1.54, 1.807) is 24.3 Å². The van der Waals surface area contributed by atoms with E-state index in [4.69, 9.17) is 4.74 Å². The highest BCUT2D eigenvalue weighted by Gasteiger charge is 2.31. The number of hydrogen-bond donors (Lipinski definition) is 0. The van der Waals surface area contributed by atoms with Gasteiger partial charge in [-0.2, -0.15) is 0 Å². The Morgan fingerprint density at radius 1 is 0.886 bits per heavy atom. The Bertz CT molecular complexity index is 1180. The molecule has 0 bridgehead atoms. The largest absolute Gasteiger partial charge is 0.426 e. The van der Waals surface area contributed by atoms with Gasteiger partial charge < -0.3 is 4.74 Å².